The Morgan fingerprint density at radius 1 is 1.53 bits per heavy atom. The molecule has 1 saturated heterocycles. The minimum Gasteiger partial charge on any atom is -0.496 e. The second kappa shape index (κ2) is 6.07. The average molecular weight is 320 g/mol. The topological polar surface area (TPSA) is 18.5 Å². The lowest BCUT2D eigenvalue weighted by molar-refractivity contribution is 0.0576. The van der Waals surface area contributed by atoms with Gasteiger partial charge in [-0.3, -0.25) is 0 Å². The molecule has 2 atom stereocenters. The summed E-state index contributed by atoms with van der Waals surface area (Å²) in [5.41, 5.74) is 1.18. The molecule has 94 valence electrons. The van der Waals surface area contributed by atoms with Crippen LogP contribution in [-0.4, -0.2) is 25.7 Å². The van der Waals surface area contributed by atoms with E-state index in [1.807, 2.05) is 12.1 Å². The van der Waals surface area contributed by atoms with E-state index in [0.29, 0.717) is 5.92 Å². The summed E-state index contributed by atoms with van der Waals surface area (Å²) in [4.78, 5) is 0. The van der Waals surface area contributed by atoms with Crippen LogP contribution in [0.15, 0.2) is 22.7 Å². The zero-order valence-electron chi connectivity index (χ0n) is 9.79. The van der Waals surface area contributed by atoms with Gasteiger partial charge in [-0.15, -0.1) is 11.6 Å². The van der Waals surface area contributed by atoms with Crippen LogP contribution >= 0.6 is 27.5 Å². The number of halogens is 2. The third kappa shape index (κ3) is 3.36. The van der Waals surface area contributed by atoms with Crippen molar-refractivity contribution >= 4 is 27.5 Å². The molecule has 2 rings (SSSR count). The molecule has 2 nitrogen and oxygen atoms in total. The summed E-state index contributed by atoms with van der Waals surface area (Å²) in [7, 11) is 1.70. The molecule has 0 amide bonds. The first kappa shape index (κ1) is 13.2. The third-order valence-corrected chi connectivity index (χ3v) is 4.17. The second-order valence-electron chi connectivity index (χ2n) is 4.30. The molecule has 17 heavy (non-hydrogen) atoms. The summed E-state index contributed by atoms with van der Waals surface area (Å²) in [5.74, 6) is 1.29. The fourth-order valence-corrected chi connectivity index (χ4v) is 2.81. The maximum atomic E-state index is 6.34. The molecule has 4 heteroatoms. The second-order valence-corrected chi connectivity index (χ2v) is 5.78. The van der Waals surface area contributed by atoms with Crippen LogP contribution < -0.4 is 4.74 Å². The molecule has 0 spiro atoms. The van der Waals surface area contributed by atoms with Crippen molar-refractivity contribution in [2.24, 2.45) is 5.92 Å². The van der Waals surface area contributed by atoms with Gasteiger partial charge in [-0.25, -0.2) is 0 Å². The SMILES string of the molecule is COc1ccc(Br)cc1CC1COCCC1Cl. The Morgan fingerprint density at radius 3 is 3.06 bits per heavy atom. The van der Waals surface area contributed by atoms with E-state index in [9.17, 15) is 0 Å². The fraction of sp³-hybridized carbons (Fsp3) is 0.538. The Balaban J connectivity index is 2.13. The van der Waals surface area contributed by atoms with Crippen molar-refractivity contribution < 1.29 is 9.47 Å². The van der Waals surface area contributed by atoms with Crippen molar-refractivity contribution in [1.29, 1.82) is 0 Å². The molecule has 1 aliphatic rings. The van der Waals surface area contributed by atoms with E-state index in [1.165, 1.54) is 5.56 Å². The van der Waals surface area contributed by atoms with Gasteiger partial charge in [0.2, 0.25) is 0 Å². The van der Waals surface area contributed by atoms with E-state index in [2.05, 4.69) is 22.0 Å². The molecule has 0 N–H and O–H groups in total. The Kier molecular flexibility index (Phi) is 4.71. The predicted octanol–water partition coefficient (Wildman–Crippen LogP) is 3.64. The number of hydrogen-bond acceptors (Lipinski definition) is 2. The van der Waals surface area contributed by atoms with Gasteiger partial charge in [0.1, 0.15) is 5.75 Å². The van der Waals surface area contributed by atoms with Crippen LogP contribution in [0.25, 0.3) is 0 Å². The Hall–Kier alpha value is -0.250. The van der Waals surface area contributed by atoms with Crippen molar-refractivity contribution in [3.8, 4) is 5.75 Å². The number of benzene rings is 1. The molecular weight excluding hydrogens is 303 g/mol. The molecule has 1 fully saturated rings. The monoisotopic (exact) mass is 318 g/mol. The Labute approximate surface area is 115 Å². The highest BCUT2D eigenvalue weighted by atomic mass is 79.9. The molecule has 2 unspecified atom stereocenters. The Morgan fingerprint density at radius 2 is 2.35 bits per heavy atom. The molecule has 1 aromatic carbocycles. The highest BCUT2D eigenvalue weighted by Gasteiger charge is 2.25. The van der Waals surface area contributed by atoms with Crippen LogP contribution in [0.3, 0.4) is 0 Å². The predicted molar refractivity (Wildman–Crippen MR) is 73.0 cm³/mol. The fourth-order valence-electron chi connectivity index (χ4n) is 2.15. The van der Waals surface area contributed by atoms with Crippen LogP contribution in [0.2, 0.25) is 0 Å². The van der Waals surface area contributed by atoms with E-state index in [4.69, 9.17) is 21.1 Å². The van der Waals surface area contributed by atoms with Gasteiger partial charge in [-0.1, -0.05) is 15.9 Å². The standard InChI is InChI=1S/C13H16BrClO2/c1-16-13-3-2-11(14)7-9(13)6-10-8-17-5-4-12(10)15/h2-3,7,10,12H,4-6,8H2,1H3. The van der Waals surface area contributed by atoms with Gasteiger partial charge < -0.3 is 9.47 Å². The Bertz CT molecular complexity index is 384. The van der Waals surface area contributed by atoms with Crippen molar-refractivity contribution in [2.45, 2.75) is 18.2 Å². The van der Waals surface area contributed by atoms with Gasteiger partial charge in [-0.2, -0.15) is 0 Å². The zero-order chi connectivity index (χ0) is 12.3. The summed E-state index contributed by atoms with van der Waals surface area (Å²) in [6.07, 6.45) is 1.83. The molecule has 0 aromatic heterocycles. The third-order valence-electron chi connectivity index (χ3n) is 3.11. The van der Waals surface area contributed by atoms with E-state index >= 15 is 0 Å². The van der Waals surface area contributed by atoms with Gasteiger partial charge in [0.05, 0.1) is 13.7 Å². The number of methoxy groups -OCH3 is 1. The van der Waals surface area contributed by atoms with Gasteiger partial charge in [0.15, 0.2) is 0 Å². The van der Waals surface area contributed by atoms with Crippen LogP contribution in [0.1, 0.15) is 12.0 Å². The number of ether oxygens (including phenoxy) is 2. The molecule has 0 aliphatic carbocycles. The van der Waals surface area contributed by atoms with Gasteiger partial charge in [0, 0.05) is 22.4 Å². The first-order chi connectivity index (χ1) is 8.20. The minimum atomic E-state index is 0.201. The van der Waals surface area contributed by atoms with Crippen molar-refractivity contribution in [3.63, 3.8) is 0 Å². The summed E-state index contributed by atoms with van der Waals surface area (Å²) >= 11 is 9.82. The molecule has 0 radical (unpaired) electrons. The summed E-state index contributed by atoms with van der Waals surface area (Å²) in [6.45, 7) is 1.52. The molecule has 1 aromatic rings. The van der Waals surface area contributed by atoms with Crippen LogP contribution in [0.5, 0.6) is 5.75 Å². The maximum Gasteiger partial charge on any atom is 0.122 e. The largest absolute Gasteiger partial charge is 0.496 e. The van der Waals surface area contributed by atoms with Gasteiger partial charge in [0.25, 0.3) is 0 Å². The molecule has 0 bridgehead atoms. The van der Waals surface area contributed by atoms with E-state index in [-0.39, 0.29) is 5.38 Å². The summed E-state index contributed by atoms with van der Waals surface area (Å²) in [5, 5.41) is 0.201. The van der Waals surface area contributed by atoms with E-state index in [0.717, 1.165) is 36.3 Å². The van der Waals surface area contributed by atoms with Crippen molar-refractivity contribution in [1.82, 2.24) is 0 Å². The first-order valence-corrected chi connectivity index (χ1v) is 6.98. The van der Waals surface area contributed by atoms with Crippen LogP contribution in [0.4, 0.5) is 0 Å². The average Bonchev–Trinajstić information content (AvgIpc) is 2.32. The number of alkyl halides is 1. The smallest absolute Gasteiger partial charge is 0.122 e. The van der Waals surface area contributed by atoms with Gasteiger partial charge in [-0.05, 0) is 36.6 Å². The summed E-state index contributed by atoms with van der Waals surface area (Å²) in [6, 6.07) is 6.06. The number of rotatable bonds is 3. The molecule has 0 saturated carbocycles. The number of hydrogen-bond donors (Lipinski definition) is 0. The molecule has 1 heterocycles. The van der Waals surface area contributed by atoms with E-state index < -0.39 is 0 Å². The van der Waals surface area contributed by atoms with Crippen LogP contribution in [-0.2, 0) is 11.2 Å². The highest BCUT2D eigenvalue weighted by molar-refractivity contribution is 9.10. The summed E-state index contributed by atoms with van der Waals surface area (Å²) < 4.78 is 11.9. The lowest BCUT2D eigenvalue weighted by Crippen LogP contribution is -2.29. The van der Waals surface area contributed by atoms with E-state index in [1.54, 1.807) is 7.11 Å². The molecule has 1 aliphatic heterocycles. The lowest BCUT2D eigenvalue weighted by atomic mass is 9.93. The first-order valence-electron chi connectivity index (χ1n) is 5.75. The lowest BCUT2D eigenvalue weighted by Gasteiger charge is -2.27. The zero-order valence-corrected chi connectivity index (χ0v) is 12.1. The van der Waals surface area contributed by atoms with Gasteiger partial charge >= 0.3 is 0 Å². The minimum absolute atomic E-state index is 0.201. The van der Waals surface area contributed by atoms with Crippen molar-refractivity contribution in [3.05, 3.63) is 28.2 Å². The van der Waals surface area contributed by atoms with Crippen LogP contribution in [0, 0.1) is 5.92 Å². The maximum absolute atomic E-state index is 6.34. The van der Waals surface area contributed by atoms with Crippen molar-refractivity contribution in [2.75, 3.05) is 20.3 Å². The normalized spacial score (nSPS) is 24.6. The highest BCUT2D eigenvalue weighted by Crippen LogP contribution is 2.30. The molecular formula is C13H16BrClO2. The quantitative estimate of drug-likeness (QED) is 0.792.